The van der Waals surface area contributed by atoms with Crippen molar-refractivity contribution < 1.29 is 9.53 Å². The second-order valence-electron chi connectivity index (χ2n) is 7.45. The summed E-state index contributed by atoms with van der Waals surface area (Å²) in [6.07, 6.45) is 0. The van der Waals surface area contributed by atoms with Crippen LogP contribution < -0.4 is 10.1 Å². The Hall–Kier alpha value is -3.29. The van der Waals surface area contributed by atoms with Crippen LogP contribution in [0.4, 0.5) is 5.69 Å². The van der Waals surface area contributed by atoms with Crippen LogP contribution in [0.25, 0.3) is 17.1 Å². The van der Waals surface area contributed by atoms with Gasteiger partial charge in [0, 0.05) is 22.0 Å². The summed E-state index contributed by atoms with van der Waals surface area (Å²) in [5, 5.41) is 13.1. The Morgan fingerprint density at radius 1 is 1.03 bits per heavy atom. The number of hydrogen-bond donors (Lipinski definition) is 1. The predicted octanol–water partition coefficient (Wildman–Crippen LogP) is 5.94. The molecule has 0 saturated carbocycles. The van der Waals surface area contributed by atoms with Crippen molar-refractivity contribution in [3.63, 3.8) is 0 Å². The Morgan fingerprint density at radius 2 is 1.73 bits per heavy atom. The first-order chi connectivity index (χ1) is 16.0. The lowest BCUT2D eigenvalue weighted by Crippen LogP contribution is -2.16. The van der Waals surface area contributed by atoms with E-state index in [1.54, 1.807) is 7.11 Å². The highest BCUT2D eigenvalue weighted by Gasteiger charge is 2.18. The molecular weight excluding hydrogens is 456 g/mol. The van der Waals surface area contributed by atoms with Gasteiger partial charge in [0.05, 0.1) is 12.9 Å². The summed E-state index contributed by atoms with van der Waals surface area (Å²) in [6.45, 7) is 3.96. The van der Waals surface area contributed by atoms with E-state index in [0.717, 1.165) is 33.8 Å². The molecule has 0 bridgehead atoms. The van der Waals surface area contributed by atoms with Crippen molar-refractivity contribution in [2.24, 2.45) is 0 Å². The van der Waals surface area contributed by atoms with Crippen molar-refractivity contribution in [3.8, 4) is 22.8 Å². The fraction of sp³-hybridized carbons (Fsp3) is 0.160. The number of nitrogens with one attached hydrogen (secondary N) is 1. The van der Waals surface area contributed by atoms with Gasteiger partial charge in [-0.2, -0.15) is 0 Å². The number of aromatic nitrogens is 3. The van der Waals surface area contributed by atoms with Crippen LogP contribution in [0.3, 0.4) is 0 Å². The van der Waals surface area contributed by atoms with Crippen molar-refractivity contribution in [2.75, 3.05) is 18.2 Å². The molecule has 4 rings (SSSR count). The highest BCUT2D eigenvalue weighted by Crippen LogP contribution is 2.30. The van der Waals surface area contributed by atoms with E-state index in [4.69, 9.17) is 16.3 Å². The van der Waals surface area contributed by atoms with Crippen molar-refractivity contribution >= 4 is 35.0 Å². The largest absolute Gasteiger partial charge is 0.497 e. The van der Waals surface area contributed by atoms with E-state index in [-0.39, 0.29) is 11.7 Å². The summed E-state index contributed by atoms with van der Waals surface area (Å²) < 4.78 is 7.28. The number of hydrogen-bond acceptors (Lipinski definition) is 5. The van der Waals surface area contributed by atoms with Gasteiger partial charge in [0.2, 0.25) is 5.91 Å². The number of nitrogens with zero attached hydrogens (tertiary/aromatic N) is 3. The van der Waals surface area contributed by atoms with Crippen LogP contribution in [0.15, 0.2) is 71.9 Å². The van der Waals surface area contributed by atoms with E-state index in [0.29, 0.717) is 16.0 Å². The van der Waals surface area contributed by atoms with Gasteiger partial charge in [0.15, 0.2) is 11.0 Å². The molecular formula is C25H23ClN4O2S. The van der Waals surface area contributed by atoms with Crippen LogP contribution in [-0.4, -0.2) is 33.5 Å². The fourth-order valence-electron chi connectivity index (χ4n) is 3.45. The van der Waals surface area contributed by atoms with Crippen LogP contribution in [0.1, 0.15) is 11.1 Å². The molecule has 1 N–H and O–H groups in total. The van der Waals surface area contributed by atoms with Gasteiger partial charge in [-0.1, -0.05) is 53.7 Å². The van der Waals surface area contributed by atoms with Crippen molar-refractivity contribution in [2.45, 2.75) is 19.0 Å². The van der Waals surface area contributed by atoms with Crippen LogP contribution in [0.5, 0.6) is 5.75 Å². The first-order valence-electron chi connectivity index (χ1n) is 10.3. The number of para-hydroxylation sites is 1. The Morgan fingerprint density at radius 3 is 2.42 bits per heavy atom. The van der Waals surface area contributed by atoms with Gasteiger partial charge in [0.25, 0.3) is 0 Å². The zero-order valence-corrected chi connectivity index (χ0v) is 20.1. The van der Waals surface area contributed by atoms with Crippen LogP contribution >= 0.6 is 23.4 Å². The summed E-state index contributed by atoms with van der Waals surface area (Å²) >= 11 is 7.42. The lowest BCUT2D eigenvalue weighted by atomic mass is 10.1. The van der Waals surface area contributed by atoms with Crippen molar-refractivity contribution in [1.29, 1.82) is 0 Å². The minimum Gasteiger partial charge on any atom is -0.497 e. The van der Waals surface area contributed by atoms with E-state index in [1.165, 1.54) is 11.8 Å². The maximum absolute atomic E-state index is 12.7. The molecule has 0 saturated heterocycles. The molecule has 0 aliphatic heterocycles. The molecule has 0 radical (unpaired) electrons. The van der Waals surface area contributed by atoms with Gasteiger partial charge in [-0.25, -0.2) is 0 Å². The third-order valence-corrected chi connectivity index (χ3v) is 6.30. The number of thioether (sulfide) groups is 1. The first kappa shape index (κ1) is 22.9. The normalized spacial score (nSPS) is 10.8. The zero-order valence-electron chi connectivity index (χ0n) is 18.5. The second-order valence-corrected chi connectivity index (χ2v) is 8.83. The van der Waals surface area contributed by atoms with Gasteiger partial charge >= 0.3 is 0 Å². The Kier molecular flexibility index (Phi) is 7.01. The van der Waals surface area contributed by atoms with Crippen molar-refractivity contribution in [3.05, 3.63) is 82.9 Å². The molecule has 33 heavy (non-hydrogen) atoms. The number of ether oxygens (including phenoxy) is 1. The van der Waals surface area contributed by atoms with E-state index in [2.05, 4.69) is 15.5 Å². The molecule has 0 fully saturated rings. The second kappa shape index (κ2) is 10.1. The predicted molar refractivity (Wildman–Crippen MR) is 134 cm³/mol. The maximum atomic E-state index is 12.7. The van der Waals surface area contributed by atoms with Gasteiger partial charge in [0.1, 0.15) is 5.75 Å². The van der Waals surface area contributed by atoms with Crippen LogP contribution in [-0.2, 0) is 4.79 Å². The van der Waals surface area contributed by atoms with Crippen LogP contribution in [0.2, 0.25) is 5.02 Å². The number of methoxy groups -OCH3 is 1. The topological polar surface area (TPSA) is 69.0 Å². The highest BCUT2D eigenvalue weighted by molar-refractivity contribution is 7.99. The number of carbonyl (C=O) groups excluding carboxylic acids is 1. The van der Waals surface area contributed by atoms with E-state index < -0.39 is 0 Å². The molecule has 0 unspecified atom stereocenters. The molecule has 0 aliphatic rings. The third-order valence-electron chi connectivity index (χ3n) is 5.12. The molecule has 1 aromatic heterocycles. The number of rotatable bonds is 7. The molecule has 4 aromatic rings. The molecule has 0 atom stereocenters. The Balaban J connectivity index is 1.63. The lowest BCUT2D eigenvalue weighted by molar-refractivity contribution is -0.113. The third kappa shape index (κ3) is 5.21. The number of benzene rings is 3. The smallest absolute Gasteiger partial charge is 0.234 e. The zero-order chi connectivity index (χ0) is 23.4. The summed E-state index contributed by atoms with van der Waals surface area (Å²) in [4.78, 5) is 12.7. The van der Waals surface area contributed by atoms with Gasteiger partial charge in [-0.15, -0.1) is 10.2 Å². The SMILES string of the molecule is COc1cccc(-c2nnc(SCC(=O)Nc3c(C)cccc3C)n2-c2ccc(Cl)cc2)c1. The fourth-order valence-corrected chi connectivity index (χ4v) is 4.33. The number of aryl methyl sites for hydroxylation is 2. The summed E-state index contributed by atoms with van der Waals surface area (Å²) in [6, 6.07) is 21.0. The minimum atomic E-state index is -0.106. The van der Waals surface area contributed by atoms with Gasteiger partial charge in [-0.3, -0.25) is 9.36 Å². The van der Waals surface area contributed by atoms with E-state index >= 15 is 0 Å². The standard InChI is InChI=1S/C25H23ClN4O2S/c1-16-6-4-7-17(2)23(16)27-22(31)15-33-25-29-28-24(18-8-5-9-21(14-18)32-3)30(25)20-12-10-19(26)11-13-20/h4-14H,15H2,1-3H3,(H,27,31). The summed E-state index contributed by atoms with van der Waals surface area (Å²) in [7, 11) is 1.62. The lowest BCUT2D eigenvalue weighted by Gasteiger charge is -2.12. The van der Waals surface area contributed by atoms with E-state index in [1.807, 2.05) is 85.1 Å². The molecule has 1 heterocycles. The molecule has 1 amide bonds. The molecule has 168 valence electrons. The molecule has 8 heteroatoms. The molecule has 0 spiro atoms. The maximum Gasteiger partial charge on any atom is 0.234 e. The quantitative estimate of drug-likeness (QED) is 0.333. The average Bonchev–Trinajstić information content (AvgIpc) is 3.25. The number of carbonyl (C=O) groups is 1. The molecule has 6 nitrogen and oxygen atoms in total. The Bertz CT molecular complexity index is 1270. The Labute approximate surface area is 202 Å². The number of halogens is 1. The van der Waals surface area contributed by atoms with Gasteiger partial charge < -0.3 is 10.1 Å². The minimum absolute atomic E-state index is 0.106. The molecule has 0 aliphatic carbocycles. The van der Waals surface area contributed by atoms with Gasteiger partial charge in [-0.05, 0) is 61.4 Å². The summed E-state index contributed by atoms with van der Waals surface area (Å²) in [5.41, 5.74) is 4.60. The number of amides is 1. The van der Waals surface area contributed by atoms with Crippen molar-refractivity contribution in [1.82, 2.24) is 14.8 Å². The van der Waals surface area contributed by atoms with E-state index in [9.17, 15) is 4.79 Å². The monoisotopic (exact) mass is 478 g/mol. The first-order valence-corrected chi connectivity index (χ1v) is 11.7. The number of anilines is 1. The molecule has 3 aromatic carbocycles. The average molecular weight is 479 g/mol. The van der Waals surface area contributed by atoms with Crippen LogP contribution in [0, 0.1) is 13.8 Å². The highest BCUT2D eigenvalue weighted by atomic mass is 35.5. The summed E-state index contributed by atoms with van der Waals surface area (Å²) in [5.74, 6) is 1.46.